The van der Waals surface area contributed by atoms with Crippen LogP contribution >= 0.6 is 0 Å². The van der Waals surface area contributed by atoms with Crippen LogP contribution in [0.1, 0.15) is 24.0 Å². The highest BCUT2D eigenvalue weighted by molar-refractivity contribution is 5.79. The minimum atomic E-state index is -0.831. The third-order valence-corrected chi connectivity index (χ3v) is 3.82. The van der Waals surface area contributed by atoms with Crippen molar-refractivity contribution >= 4 is 11.9 Å². The first-order valence-corrected chi connectivity index (χ1v) is 7.18. The lowest BCUT2D eigenvalue weighted by Gasteiger charge is -2.30. The average molecular weight is 291 g/mol. The van der Waals surface area contributed by atoms with Crippen molar-refractivity contribution in [2.24, 2.45) is 5.92 Å². The number of aliphatic carboxylic acids is 1. The monoisotopic (exact) mass is 291 g/mol. The average Bonchev–Trinajstić information content (AvgIpc) is 2.48. The Morgan fingerprint density at radius 1 is 1.38 bits per heavy atom. The van der Waals surface area contributed by atoms with Gasteiger partial charge in [-0.3, -0.25) is 9.59 Å². The normalized spacial score (nSPS) is 18.4. The van der Waals surface area contributed by atoms with Crippen molar-refractivity contribution in [1.29, 1.82) is 0 Å². The van der Waals surface area contributed by atoms with E-state index in [1.807, 2.05) is 32.0 Å². The number of ether oxygens (including phenoxy) is 1. The number of piperidine rings is 1. The van der Waals surface area contributed by atoms with Crippen LogP contribution in [0.15, 0.2) is 18.2 Å². The fraction of sp³-hybridized carbons (Fsp3) is 0.500. The van der Waals surface area contributed by atoms with E-state index < -0.39 is 11.9 Å². The summed E-state index contributed by atoms with van der Waals surface area (Å²) < 4.78 is 5.59. The molecule has 0 aliphatic carbocycles. The van der Waals surface area contributed by atoms with Crippen LogP contribution in [0.25, 0.3) is 0 Å². The lowest BCUT2D eigenvalue weighted by Crippen LogP contribution is -2.44. The Labute approximate surface area is 124 Å². The van der Waals surface area contributed by atoms with Gasteiger partial charge in [0.15, 0.2) is 6.61 Å². The van der Waals surface area contributed by atoms with Gasteiger partial charge in [-0.1, -0.05) is 12.1 Å². The summed E-state index contributed by atoms with van der Waals surface area (Å²) in [5.41, 5.74) is 2.06. The molecule has 0 radical (unpaired) electrons. The minimum Gasteiger partial charge on any atom is -0.483 e. The smallest absolute Gasteiger partial charge is 0.308 e. The highest BCUT2D eigenvalue weighted by atomic mass is 16.5. The number of benzene rings is 1. The van der Waals surface area contributed by atoms with Crippen LogP contribution in [0, 0.1) is 19.8 Å². The predicted molar refractivity (Wildman–Crippen MR) is 78.4 cm³/mol. The maximum atomic E-state index is 12.1. The van der Waals surface area contributed by atoms with E-state index in [9.17, 15) is 9.59 Å². The van der Waals surface area contributed by atoms with Crippen LogP contribution in [-0.2, 0) is 9.59 Å². The zero-order valence-electron chi connectivity index (χ0n) is 12.5. The number of rotatable bonds is 4. The summed E-state index contributed by atoms with van der Waals surface area (Å²) in [6.07, 6.45) is 1.36. The lowest BCUT2D eigenvalue weighted by atomic mass is 9.98. The highest BCUT2D eigenvalue weighted by Gasteiger charge is 2.28. The first-order chi connectivity index (χ1) is 9.97. The van der Waals surface area contributed by atoms with Crippen LogP contribution in [0.3, 0.4) is 0 Å². The minimum absolute atomic E-state index is 0.0450. The van der Waals surface area contributed by atoms with Crippen molar-refractivity contribution in [2.45, 2.75) is 26.7 Å². The van der Waals surface area contributed by atoms with Gasteiger partial charge in [0.1, 0.15) is 5.75 Å². The molecular weight excluding hydrogens is 270 g/mol. The molecule has 0 spiro atoms. The zero-order chi connectivity index (χ0) is 15.4. The molecule has 5 nitrogen and oxygen atoms in total. The van der Waals surface area contributed by atoms with E-state index >= 15 is 0 Å². The van der Waals surface area contributed by atoms with Gasteiger partial charge in [-0.25, -0.2) is 0 Å². The van der Waals surface area contributed by atoms with Crippen molar-refractivity contribution in [3.8, 4) is 5.75 Å². The molecule has 0 bridgehead atoms. The van der Waals surface area contributed by atoms with E-state index in [4.69, 9.17) is 9.84 Å². The van der Waals surface area contributed by atoms with E-state index in [1.54, 1.807) is 4.90 Å². The van der Waals surface area contributed by atoms with E-state index in [0.717, 1.165) is 17.5 Å². The van der Waals surface area contributed by atoms with Crippen molar-refractivity contribution in [3.63, 3.8) is 0 Å². The SMILES string of the molecule is Cc1ccc(C)c(OCC(=O)N2CCCC(C(=O)O)C2)c1. The molecule has 1 aromatic rings. The molecule has 1 atom stereocenters. The number of aryl methyl sites for hydroxylation is 2. The number of hydrogen-bond donors (Lipinski definition) is 1. The quantitative estimate of drug-likeness (QED) is 0.921. The second-order valence-corrected chi connectivity index (χ2v) is 5.57. The Balaban J connectivity index is 1.92. The van der Waals surface area contributed by atoms with Gasteiger partial charge in [0, 0.05) is 13.1 Å². The summed E-state index contributed by atoms with van der Waals surface area (Å²) in [5.74, 6) is -0.733. The fourth-order valence-corrected chi connectivity index (χ4v) is 2.50. The maximum Gasteiger partial charge on any atom is 0.308 e. The number of amides is 1. The molecule has 1 heterocycles. The molecular formula is C16H21NO4. The molecule has 2 rings (SSSR count). The first-order valence-electron chi connectivity index (χ1n) is 7.18. The summed E-state index contributed by atoms with van der Waals surface area (Å²) in [4.78, 5) is 24.7. The van der Waals surface area contributed by atoms with Crippen LogP contribution < -0.4 is 4.74 Å². The van der Waals surface area contributed by atoms with E-state index in [2.05, 4.69) is 0 Å². The molecule has 1 saturated heterocycles. The van der Waals surface area contributed by atoms with Crippen LogP contribution in [0.2, 0.25) is 0 Å². The Hall–Kier alpha value is -2.04. The molecule has 1 fully saturated rings. The molecule has 114 valence electrons. The zero-order valence-corrected chi connectivity index (χ0v) is 12.5. The van der Waals surface area contributed by atoms with Gasteiger partial charge in [-0.2, -0.15) is 0 Å². The Bertz CT molecular complexity index is 541. The summed E-state index contributed by atoms with van der Waals surface area (Å²) >= 11 is 0. The number of carbonyl (C=O) groups excluding carboxylic acids is 1. The van der Waals surface area contributed by atoms with Gasteiger partial charge < -0.3 is 14.7 Å². The lowest BCUT2D eigenvalue weighted by molar-refractivity contribution is -0.146. The molecule has 1 aliphatic rings. The Morgan fingerprint density at radius 3 is 2.86 bits per heavy atom. The van der Waals surface area contributed by atoms with Gasteiger partial charge in [0.2, 0.25) is 0 Å². The summed E-state index contributed by atoms with van der Waals surface area (Å²) in [7, 11) is 0. The van der Waals surface area contributed by atoms with Gasteiger partial charge in [-0.15, -0.1) is 0 Å². The third kappa shape index (κ3) is 3.97. The molecule has 21 heavy (non-hydrogen) atoms. The van der Waals surface area contributed by atoms with Crippen molar-refractivity contribution < 1.29 is 19.4 Å². The number of hydrogen-bond acceptors (Lipinski definition) is 3. The molecule has 1 aliphatic heterocycles. The van der Waals surface area contributed by atoms with Crippen LogP contribution in [-0.4, -0.2) is 41.6 Å². The molecule has 1 N–H and O–H groups in total. The number of carbonyl (C=O) groups is 2. The Kier molecular flexibility index (Phi) is 4.83. The topological polar surface area (TPSA) is 66.8 Å². The van der Waals surface area contributed by atoms with Crippen molar-refractivity contribution in [3.05, 3.63) is 29.3 Å². The number of likely N-dealkylation sites (tertiary alicyclic amines) is 1. The first kappa shape index (κ1) is 15.4. The largest absolute Gasteiger partial charge is 0.483 e. The van der Waals surface area contributed by atoms with Crippen LogP contribution in [0.4, 0.5) is 0 Å². The second-order valence-electron chi connectivity index (χ2n) is 5.57. The molecule has 1 amide bonds. The second kappa shape index (κ2) is 6.61. The van der Waals surface area contributed by atoms with Crippen molar-refractivity contribution in [2.75, 3.05) is 19.7 Å². The molecule has 5 heteroatoms. The number of carboxylic acids is 1. The van der Waals surface area contributed by atoms with Crippen LogP contribution in [0.5, 0.6) is 5.75 Å². The summed E-state index contributed by atoms with van der Waals surface area (Å²) in [6, 6.07) is 5.85. The fourth-order valence-electron chi connectivity index (χ4n) is 2.50. The highest BCUT2D eigenvalue weighted by Crippen LogP contribution is 2.20. The van der Waals surface area contributed by atoms with E-state index in [-0.39, 0.29) is 19.1 Å². The molecule has 0 saturated carbocycles. The van der Waals surface area contributed by atoms with Crippen molar-refractivity contribution in [1.82, 2.24) is 4.90 Å². The van der Waals surface area contributed by atoms with Gasteiger partial charge in [0.05, 0.1) is 5.92 Å². The molecule has 1 unspecified atom stereocenters. The maximum absolute atomic E-state index is 12.1. The summed E-state index contributed by atoms with van der Waals surface area (Å²) in [6.45, 7) is 4.75. The number of carboxylic acid groups (broad SMARTS) is 1. The standard InChI is InChI=1S/C16H21NO4/c1-11-5-6-12(2)14(8-11)21-10-15(18)17-7-3-4-13(9-17)16(19)20/h5-6,8,13H,3-4,7,9-10H2,1-2H3,(H,19,20). The molecule has 0 aromatic heterocycles. The Morgan fingerprint density at radius 2 is 2.14 bits per heavy atom. The van der Waals surface area contributed by atoms with E-state index in [0.29, 0.717) is 18.7 Å². The number of nitrogens with zero attached hydrogens (tertiary/aromatic N) is 1. The van der Waals surface area contributed by atoms with E-state index in [1.165, 1.54) is 0 Å². The molecule has 1 aromatic carbocycles. The van der Waals surface area contributed by atoms with Gasteiger partial charge in [0.25, 0.3) is 5.91 Å². The third-order valence-electron chi connectivity index (χ3n) is 3.82. The van der Waals surface area contributed by atoms with Gasteiger partial charge >= 0.3 is 5.97 Å². The predicted octanol–water partition coefficient (Wildman–Crippen LogP) is 2.01. The van der Waals surface area contributed by atoms with Gasteiger partial charge in [-0.05, 0) is 43.9 Å². The summed E-state index contributed by atoms with van der Waals surface area (Å²) in [5, 5.41) is 9.04.